The van der Waals surface area contributed by atoms with Gasteiger partial charge in [-0.05, 0) is 18.2 Å². The van der Waals surface area contributed by atoms with Crippen molar-refractivity contribution >= 4 is 27.8 Å². The molecule has 0 saturated heterocycles. The molecule has 1 aliphatic heterocycles. The van der Waals surface area contributed by atoms with Crippen LogP contribution in [-0.2, 0) is 21.9 Å². The summed E-state index contributed by atoms with van der Waals surface area (Å²) in [6.45, 7) is 0. The van der Waals surface area contributed by atoms with Gasteiger partial charge in [-0.15, -0.1) is 0 Å². The summed E-state index contributed by atoms with van der Waals surface area (Å²) in [5, 5.41) is 0.375. The molecule has 0 saturated carbocycles. The maximum Gasteiger partial charge on any atom is 0.380 e. The highest BCUT2D eigenvalue weighted by Crippen LogP contribution is 2.24. The highest BCUT2D eigenvalue weighted by molar-refractivity contribution is 7.89. The lowest BCUT2D eigenvalue weighted by Gasteiger charge is -2.12. The van der Waals surface area contributed by atoms with E-state index in [9.17, 15) is 22.8 Å². The van der Waals surface area contributed by atoms with E-state index in [1.54, 1.807) is 12.1 Å². The van der Waals surface area contributed by atoms with Gasteiger partial charge in [0.1, 0.15) is 10.6 Å². The fourth-order valence-corrected chi connectivity index (χ4v) is 3.44. The van der Waals surface area contributed by atoms with Crippen molar-refractivity contribution in [2.45, 2.75) is 4.90 Å². The number of hydroxylamine groups is 2. The molecule has 2 aromatic rings. The van der Waals surface area contributed by atoms with Gasteiger partial charge >= 0.3 is 5.97 Å². The van der Waals surface area contributed by atoms with E-state index in [4.69, 9.17) is 4.84 Å². The molecule has 0 aliphatic carbocycles. The SMILES string of the molecule is CN(C)S(=O)(=O)c1cc(C(=O)ON2C(=O)c3ccccc3C2=O)n(C)c1. The van der Waals surface area contributed by atoms with Gasteiger partial charge in [0.05, 0.1) is 11.1 Å². The molecule has 9 nitrogen and oxygen atoms in total. The van der Waals surface area contributed by atoms with E-state index >= 15 is 0 Å². The smallest absolute Gasteiger partial charge is 0.344 e. The lowest BCUT2D eigenvalue weighted by Crippen LogP contribution is -2.33. The van der Waals surface area contributed by atoms with Crippen molar-refractivity contribution in [1.82, 2.24) is 13.9 Å². The van der Waals surface area contributed by atoms with Crippen LogP contribution in [0.1, 0.15) is 31.2 Å². The molecule has 1 aromatic carbocycles. The maximum absolute atomic E-state index is 12.4. The number of nitrogens with zero attached hydrogens (tertiary/aromatic N) is 3. The zero-order valence-corrected chi connectivity index (χ0v) is 15.0. The molecule has 1 aliphatic rings. The summed E-state index contributed by atoms with van der Waals surface area (Å²) in [6, 6.07) is 7.20. The Bertz CT molecular complexity index is 1000. The average Bonchev–Trinajstić information content (AvgIpc) is 3.10. The van der Waals surface area contributed by atoms with E-state index in [1.807, 2.05) is 0 Å². The first-order valence-corrected chi connectivity index (χ1v) is 8.87. The molecule has 26 heavy (non-hydrogen) atoms. The molecule has 1 aromatic heterocycles. The van der Waals surface area contributed by atoms with Gasteiger partial charge < -0.3 is 9.40 Å². The normalized spacial score (nSPS) is 14.1. The van der Waals surface area contributed by atoms with Gasteiger partial charge in [-0.25, -0.2) is 17.5 Å². The largest absolute Gasteiger partial charge is 0.380 e. The van der Waals surface area contributed by atoms with Crippen molar-refractivity contribution in [1.29, 1.82) is 0 Å². The summed E-state index contributed by atoms with van der Waals surface area (Å²) in [7, 11) is 0.425. The highest BCUT2D eigenvalue weighted by atomic mass is 32.2. The molecular formula is C16H15N3O6S. The third kappa shape index (κ3) is 2.68. The van der Waals surface area contributed by atoms with Crippen LogP contribution in [0.4, 0.5) is 0 Å². The van der Waals surface area contributed by atoms with E-state index in [0.717, 1.165) is 10.4 Å². The third-order valence-electron chi connectivity index (χ3n) is 3.90. The van der Waals surface area contributed by atoms with E-state index in [0.29, 0.717) is 5.06 Å². The minimum atomic E-state index is -3.75. The average molecular weight is 377 g/mol. The fraction of sp³-hybridized carbons (Fsp3) is 0.188. The molecule has 0 bridgehead atoms. The van der Waals surface area contributed by atoms with Gasteiger partial charge in [0.25, 0.3) is 11.8 Å². The number of fused-ring (bicyclic) bond motifs is 1. The number of carbonyl (C=O) groups excluding carboxylic acids is 3. The number of imide groups is 1. The number of rotatable bonds is 4. The number of hydrogen-bond acceptors (Lipinski definition) is 6. The number of aryl methyl sites for hydroxylation is 1. The minimum absolute atomic E-state index is 0.112. The Labute approximate surface area is 149 Å². The molecule has 10 heteroatoms. The van der Waals surface area contributed by atoms with Gasteiger partial charge in [-0.2, -0.15) is 0 Å². The second-order valence-corrected chi connectivity index (χ2v) is 7.94. The second kappa shape index (κ2) is 6.07. The Morgan fingerprint density at radius 3 is 2.12 bits per heavy atom. The van der Waals surface area contributed by atoms with Gasteiger partial charge in [-0.1, -0.05) is 17.2 Å². The van der Waals surface area contributed by atoms with Crippen molar-refractivity contribution in [3.05, 3.63) is 53.3 Å². The van der Waals surface area contributed by atoms with Gasteiger partial charge in [0.15, 0.2) is 0 Å². The Kier molecular flexibility index (Phi) is 4.17. The first kappa shape index (κ1) is 17.8. The third-order valence-corrected chi connectivity index (χ3v) is 5.68. The summed E-state index contributed by atoms with van der Waals surface area (Å²) in [6.07, 6.45) is 1.24. The van der Waals surface area contributed by atoms with E-state index in [1.165, 1.54) is 44.0 Å². The maximum atomic E-state index is 12.4. The quantitative estimate of drug-likeness (QED) is 0.724. The topological polar surface area (TPSA) is 106 Å². The van der Waals surface area contributed by atoms with Crippen LogP contribution >= 0.6 is 0 Å². The van der Waals surface area contributed by atoms with Crippen molar-refractivity contribution in [2.24, 2.45) is 7.05 Å². The molecule has 0 atom stereocenters. The van der Waals surface area contributed by atoms with Crippen molar-refractivity contribution in [3.63, 3.8) is 0 Å². The Morgan fingerprint density at radius 1 is 1.08 bits per heavy atom. The van der Waals surface area contributed by atoms with Crippen LogP contribution in [0.25, 0.3) is 0 Å². The standard InChI is InChI=1S/C16H15N3O6S/c1-17(2)26(23,24)10-8-13(18(3)9-10)16(22)25-19-14(20)11-6-4-5-7-12(11)15(19)21/h4-9H,1-3H3. The molecule has 0 spiro atoms. The molecular weight excluding hydrogens is 362 g/mol. The monoisotopic (exact) mass is 377 g/mol. The predicted octanol–water partition coefficient (Wildman–Crippen LogP) is 0.643. The lowest BCUT2D eigenvalue weighted by molar-refractivity contribution is -0.0590. The Hall–Kier alpha value is -2.98. The number of aromatic nitrogens is 1. The predicted molar refractivity (Wildman–Crippen MR) is 88.6 cm³/mol. The summed E-state index contributed by atoms with van der Waals surface area (Å²) in [4.78, 5) is 41.7. The van der Waals surface area contributed by atoms with Crippen LogP contribution in [0.15, 0.2) is 41.4 Å². The van der Waals surface area contributed by atoms with Crippen LogP contribution < -0.4 is 0 Å². The van der Waals surface area contributed by atoms with Gasteiger partial charge in [-0.3, -0.25) is 9.59 Å². The molecule has 2 amide bonds. The first-order chi connectivity index (χ1) is 12.1. The van der Waals surface area contributed by atoms with E-state index in [-0.39, 0.29) is 21.7 Å². The van der Waals surface area contributed by atoms with Crippen molar-refractivity contribution in [2.75, 3.05) is 14.1 Å². The molecule has 0 fully saturated rings. The highest BCUT2D eigenvalue weighted by Gasteiger charge is 2.39. The zero-order valence-electron chi connectivity index (χ0n) is 14.2. The van der Waals surface area contributed by atoms with Crippen LogP contribution in [0.3, 0.4) is 0 Å². The van der Waals surface area contributed by atoms with Crippen LogP contribution in [0, 0.1) is 0 Å². The number of benzene rings is 1. The molecule has 2 heterocycles. The summed E-state index contributed by atoms with van der Waals surface area (Å²) in [5.41, 5.74) is 0.142. The van der Waals surface area contributed by atoms with Crippen molar-refractivity contribution < 1.29 is 27.6 Å². The summed E-state index contributed by atoms with van der Waals surface area (Å²) >= 11 is 0. The number of amides is 2. The van der Waals surface area contributed by atoms with Gasteiger partial charge in [0.2, 0.25) is 10.0 Å². The number of sulfonamides is 1. The van der Waals surface area contributed by atoms with Crippen LogP contribution in [0.5, 0.6) is 0 Å². The lowest BCUT2D eigenvalue weighted by atomic mass is 10.1. The van der Waals surface area contributed by atoms with Gasteiger partial charge in [0, 0.05) is 27.3 Å². The molecule has 136 valence electrons. The molecule has 0 N–H and O–H groups in total. The molecule has 0 radical (unpaired) electrons. The van der Waals surface area contributed by atoms with E-state index < -0.39 is 27.8 Å². The van der Waals surface area contributed by atoms with Crippen LogP contribution in [-0.4, -0.2) is 54.2 Å². The molecule has 3 rings (SSSR count). The zero-order chi connectivity index (χ0) is 19.2. The fourth-order valence-electron chi connectivity index (χ4n) is 2.47. The van der Waals surface area contributed by atoms with E-state index in [2.05, 4.69) is 0 Å². The van der Waals surface area contributed by atoms with Crippen molar-refractivity contribution in [3.8, 4) is 0 Å². The number of hydrogen-bond donors (Lipinski definition) is 0. The Balaban J connectivity index is 1.88. The van der Waals surface area contributed by atoms with Crippen LogP contribution in [0.2, 0.25) is 0 Å². The minimum Gasteiger partial charge on any atom is -0.344 e. The summed E-state index contributed by atoms with van der Waals surface area (Å²) in [5.74, 6) is -2.54. The Morgan fingerprint density at radius 2 is 1.62 bits per heavy atom. The number of carbonyl (C=O) groups is 3. The first-order valence-electron chi connectivity index (χ1n) is 7.43. The second-order valence-electron chi connectivity index (χ2n) is 5.79. The molecule has 0 unspecified atom stereocenters. The summed E-state index contributed by atoms with van der Waals surface area (Å²) < 4.78 is 26.6.